The van der Waals surface area contributed by atoms with Crippen molar-refractivity contribution in [2.75, 3.05) is 11.9 Å². The molecule has 0 spiro atoms. The van der Waals surface area contributed by atoms with Crippen molar-refractivity contribution < 1.29 is 13.9 Å². The Morgan fingerprint density at radius 3 is 2.89 bits per heavy atom. The summed E-state index contributed by atoms with van der Waals surface area (Å²) < 4.78 is 19.3. The van der Waals surface area contributed by atoms with Gasteiger partial charge in [0, 0.05) is 10.7 Å². The molecule has 6 heteroatoms. The molecule has 1 N–H and O–H groups in total. The van der Waals surface area contributed by atoms with Gasteiger partial charge in [-0.1, -0.05) is 12.1 Å². The number of ether oxygens (including phenoxy) is 1. The molecule has 0 bridgehead atoms. The lowest BCUT2D eigenvalue weighted by Gasteiger charge is -2.08. The predicted molar refractivity (Wildman–Crippen MR) is 72.5 cm³/mol. The van der Waals surface area contributed by atoms with Crippen molar-refractivity contribution in [1.29, 1.82) is 0 Å². The van der Waals surface area contributed by atoms with E-state index in [-0.39, 0.29) is 12.3 Å². The van der Waals surface area contributed by atoms with E-state index in [1.54, 1.807) is 24.4 Å². The van der Waals surface area contributed by atoms with Gasteiger partial charge in [0.2, 0.25) is 0 Å². The summed E-state index contributed by atoms with van der Waals surface area (Å²) in [6.07, 6.45) is 3.09. The number of rotatable bonds is 4. The average molecular weight is 325 g/mol. The number of amides is 1. The van der Waals surface area contributed by atoms with Crippen molar-refractivity contribution in [1.82, 2.24) is 4.98 Å². The molecule has 4 nitrogen and oxygen atoms in total. The van der Waals surface area contributed by atoms with E-state index in [1.165, 1.54) is 18.3 Å². The van der Waals surface area contributed by atoms with Crippen LogP contribution in [0.4, 0.5) is 10.1 Å². The van der Waals surface area contributed by atoms with Gasteiger partial charge in [0.25, 0.3) is 5.91 Å². The van der Waals surface area contributed by atoms with E-state index in [4.69, 9.17) is 4.74 Å². The maximum absolute atomic E-state index is 13.3. The fraction of sp³-hybridized carbons (Fsp3) is 0.0769. The highest BCUT2D eigenvalue weighted by atomic mass is 79.9. The summed E-state index contributed by atoms with van der Waals surface area (Å²) in [6, 6.07) is 7.62. The lowest BCUT2D eigenvalue weighted by atomic mass is 10.3. The molecule has 0 saturated heterocycles. The third-order valence-electron chi connectivity index (χ3n) is 2.20. The Kier molecular flexibility index (Phi) is 4.46. The number of benzene rings is 1. The Morgan fingerprint density at radius 2 is 2.16 bits per heavy atom. The summed E-state index contributed by atoms with van der Waals surface area (Å²) in [7, 11) is 0. The smallest absolute Gasteiger partial charge is 0.262 e. The monoisotopic (exact) mass is 324 g/mol. The Labute approximate surface area is 117 Å². The third-order valence-corrected chi connectivity index (χ3v) is 2.63. The van der Waals surface area contributed by atoms with Crippen molar-refractivity contribution in [3.63, 3.8) is 0 Å². The van der Waals surface area contributed by atoms with Crippen molar-refractivity contribution >= 4 is 27.5 Å². The van der Waals surface area contributed by atoms with Gasteiger partial charge in [0.05, 0.1) is 11.9 Å². The molecule has 98 valence electrons. The third kappa shape index (κ3) is 4.03. The van der Waals surface area contributed by atoms with Gasteiger partial charge in [0.15, 0.2) is 6.61 Å². The molecule has 1 aromatic carbocycles. The van der Waals surface area contributed by atoms with Gasteiger partial charge in [0.1, 0.15) is 11.6 Å². The second-order valence-corrected chi connectivity index (χ2v) is 4.57. The van der Waals surface area contributed by atoms with Crippen molar-refractivity contribution in [3.8, 4) is 5.75 Å². The molecule has 0 radical (unpaired) electrons. The maximum Gasteiger partial charge on any atom is 0.262 e. The second-order valence-electron chi connectivity index (χ2n) is 3.66. The zero-order valence-electron chi connectivity index (χ0n) is 9.77. The Hall–Kier alpha value is -1.95. The topological polar surface area (TPSA) is 51.2 Å². The number of para-hydroxylation sites is 1. The fourth-order valence-corrected chi connectivity index (χ4v) is 1.71. The van der Waals surface area contributed by atoms with Crippen molar-refractivity contribution in [2.24, 2.45) is 0 Å². The van der Waals surface area contributed by atoms with Crippen LogP contribution in [0.1, 0.15) is 0 Å². The quantitative estimate of drug-likeness (QED) is 0.940. The van der Waals surface area contributed by atoms with Gasteiger partial charge in [-0.05, 0) is 34.1 Å². The molecule has 1 heterocycles. The number of pyridine rings is 1. The van der Waals surface area contributed by atoms with Crippen LogP contribution in [0, 0.1) is 5.82 Å². The van der Waals surface area contributed by atoms with Gasteiger partial charge < -0.3 is 10.1 Å². The lowest BCUT2D eigenvalue weighted by molar-refractivity contribution is -0.118. The molecule has 1 amide bonds. The number of carbonyl (C=O) groups is 1. The van der Waals surface area contributed by atoms with E-state index < -0.39 is 11.7 Å². The van der Waals surface area contributed by atoms with E-state index in [0.29, 0.717) is 5.75 Å². The highest BCUT2D eigenvalue weighted by molar-refractivity contribution is 9.10. The summed E-state index contributed by atoms with van der Waals surface area (Å²) >= 11 is 3.24. The normalized spacial score (nSPS) is 10.0. The molecular weight excluding hydrogens is 315 g/mol. The van der Waals surface area contributed by atoms with E-state index in [0.717, 1.165) is 4.47 Å². The first-order valence-corrected chi connectivity index (χ1v) is 6.22. The van der Waals surface area contributed by atoms with Crippen LogP contribution in [0.25, 0.3) is 0 Å². The Bertz CT molecular complexity index is 592. The fourth-order valence-electron chi connectivity index (χ4n) is 1.37. The SMILES string of the molecule is O=C(COc1cncc(Br)c1)Nc1ccccc1F. The van der Waals surface area contributed by atoms with Gasteiger partial charge in [-0.15, -0.1) is 0 Å². The molecule has 0 atom stereocenters. The zero-order chi connectivity index (χ0) is 13.7. The standard InChI is InChI=1S/C13H10BrFN2O2/c14-9-5-10(7-16-6-9)19-8-13(18)17-12-4-2-1-3-11(12)15/h1-7H,8H2,(H,17,18). The summed E-state index contributed by atoms with van der Waals surface area (Å²) in [6.45, 7) is -0.216. The van der Waals surface area contributed by atoms with Gasteiger partial charge in [-0.25, -0.2) is 4.39 Å². The number of nitrogens with zero attached hydrogens (tertiary/aromatic N) is 1. The van der Waals surface area contributed by atoms with Crippen LogP contribution >= 0.6 is 15.9 Å². The first-order valence-electron chi connectivity index (χ1n) is 5.43. The van der Waals surface area contributed by atoms with E-state index in [2.05, 4.69) is 26.2 Å². The van der Waals surface area contributed by atoms with E-state index >= 15 is 0 Å². The molecule has 0 fully saturated rings. The Balaban J connectivity index is 1.90. The van der Waals surface area contributed by atoms with Gasteiger partial charge >= 0.3 is 0 Å². The summed E-state index contributed by atoms with van der Waals surface area (Å²) in [5.41, 5.74) is 0.128. The van der Waals surface area contributed by atoms with Crippen LogP contribution in [-0.4, -0.2) is 17.5 Å². The van der Waals surface area contributed by atoms with Crippen LogP contribution in [0.5, 0.6) is 5.75 Å². The van der Waals surface area contributed by atoms with Crippen LogP contribution in [-0.2, 0) is 4.79 Å². The highest BCUT2D eigenvalue weighted by Crippen LogP contribution is 2.16. The van der Waals surface area contributed by atoms with Crippen LogP contribution in [0.2, 0.25) is 0 Å². The van der Waals surface area contributed by atoms with Gasteiger partial charge in [-0.3, -0.25) is 9.78 Å². The highest BCUT2D eigenvalue weighted by Gasteiger charge is 2.07. The predicted octanol–water partition coefficient (Wildman–Crippen LogP) is 3.00. The number of aromatic nitrogens is 1. The lowest BCUT2D eigenvalue weighted by Crippen LogP contribution is -2.20. The second kappa shape index (κ2) is 6.29. The number of hydrogen-bond acceptors (Lipinski definition) is 3. The first kappa shape index (κ1) is 13.5. The zero-order valence-corrected chi connectivity index (χ0v) is 11.4. The number of anilines is 1. The average Bonchev–Trinajstić information content (AvgIpc) is 2.39. The van der Waals surface area contributed by atoms with Crippen LogP contribution in [0.15, 0.2) is 47.2 Å². The largest absolute Gasteiger partial charge is 0.482 e. The minimum Gasteiger partial charge on any atom is -0.482 e. The first-order chi connectivity index (χ1) is 9.15. The molecule has 19 heavy (non-hydrogen) atoms. The van der Waals surface area contributed by atoms with Crippen LogP contribution < -0.4 is 10.1 Å². The molecule has 1 aromatic heterocycles. The molecule has 0 unspecified atom stereocenters. The minimum absolute atomic E-state index is 0.128. The number of carbonyl (C=O) groups excluding carboxylic acids is 1. The molecular formula is C13H10BrFN2O2. The molecule has 2 aromatic rings. The van der Waals surface area contributed by atoms with E-state index in [1.807, 2.05) is 0 Å². The molecule has 0 aliphatic carbocycles. The van der Waals surface area contributed by atoms with E-state index in [9.17, 15) is 9.18 Å². The molecule has 0 saturated carbocycles. The number of hydrogen-bond donors (Lipinski definition) is 1. The van der Waals surface area contributed by atoms with Gasteiger partial charge in [-0.2, -0.15) is 0 Å². The summed E-state index contributed by atoms with van der Waals surface area (Å²) in [4.78, 5) is 15.5. The number of nitrogens with one attached hydrogen (secondary N) is 1. The summed E-state index contributed by atoms with van der Waals surface area (Å²) in [5.74, 6) is -0.469. The van der Waals surface area contributed by atoms with Crippen molar-refractivity contribution in [2.45, 2.75) is 0 Å². The van der Waals surface area contributed by atoms with Crippen LogP contribution in [0.3, 0.4) is 0 Å². The number of halogens is 2. The molecule has 2 rings (SSSR count). The molecule has 0 aliphatic heterocycles. The minimum atomic E-state index is -0.486. The molecule has 0 aliphatic rings. The van der Waals surface area contributed by atoms with Crippen molar-refractivity contribution in [3.05, 3.63) is 53.0 Å². The maximum atomic E-state index is 13.3. The summed E-state index contributed by atoms with van der Waals surface area (Å²) in [5, 5.41) is 2.42. The Morgan fingerprint density at radius 1 is 1.37 bits per heavy atom.